The lowest BCUT2D eigenvalue weighted by Crippen LogP contribution is -2.47. The summed E-state index contributed by atoms with van der Waals surface area (Å²) in [4.78, 5) is 9.09. The summed E-state index contributed by atoms with van der Waals surface area (Å²) >= 11 is 12.7. The molecule has 9 heteroatoms. The normalized spacial score (nSPS) is 20.9. The number of imidazole rings is 1. The molecule has 0 spiro atoms. The van der Waals surface area contributed by atoms with Crippen molar-refractivity contribution in [3.63, 3.8) is 0 Å². The van der Waals surface area contributed by atoms with Crippen molar-refractivity contribution in [2.24, 2.45) is 0 Å². The summed E-state index contributed by atoms with van der Waals surface area (Å²) in [5.41, 5.74) is 5.98. The van der Waals surface area contributed by atoms with Crippen LogP contribution in [-0.4, -0.2) is 55.0 Å². The fourth-order valence-electron chi connectivity index (χ4n) is 5.81. The Kier molecular flexibility index (Phi) is 8.13. The van der Waals surface area contributed by atoms with Crippen LogP contribution >= 0.6 is 23.2 Å². The summed E-state index contributed by atoms with van der Waals surface area (Å²) in [5.74, 6) is -0.276. The van der Waals surface area contributed by atoms with Gasteiger partial charge in [-0.25, -0.2) is 4.98 Å². The molecule has 2 saturated heterocycles. The highest BCUT2D eigenvalue weighted by Crippen LogP contribution is 2.40. The number of anilines is 2. The van der Waals surface area contributed by atoms with Crippen molar-refractivity contribution in [2.75, 3.05) is 49.2 Å². The minimum atomic E-state index is -1.07. The topological polar surface area (TPSA) is 52.0 Å². The van der Waals surface area contributed by atoms with Gasteiger partial charge in [0, 0.05) is 60.5 Å². The molecule has 0 bridgehead atoms. The van der Waals surface area contributed by atoms with Gasteiger partial charge in [0.05, 0.1) is 24.5 Å². The molecule has 3 heterocycles. The lowest BCUT2D eigenvalue weighted by molar-refractivity contribution is -0.189. The number of para-hydroxylation sites is 1. The third kappa shape index (κ3) is 6.04. The predicted octanol–water partition coefficient (Wildman–Crippen LogP) is 6.48. The molecule has 0 N–H and O–H groups in total. The van der Waals surface area contributed by atoms with E-state index in [4.69, 9.17) is 37.4 Å². The quantitative estimate of drug-likeness (QED) is 0.233. The first-order valence-corrected chi connectivity index (χ1v) is 14.7. The van der Waals surface area contributed by atoms with Crippen LogP contribution in [0.4, 0.5) is 11.4 Å². The maximum atomic E-state index is 6.58. The van der Waals surface area contributed by atoms with Gasteiger partial charge in [-0.05, 0) is 61.4 Å². The summed E-state index contributed by atoms with van der Waals surface area (Å²) in [6, 6.07) is 20.2. The Bertz CT molecular complexity index is 1450. The minimum absolute atomic E-state index is 0.275. The highest BCUT2D eigenvalue weighted by molar-refractivity contribution is 6.35. The molecule has 0 saturated carbocycles. The predicted molar refractivity (Wildman–Crippen MR) is 163 cm³/mol. The third-order valence-corrected chi connectivity index (χ3v) is 8.37. The molecule has 2 aliphatic rings. The molecular formula is C32H34Cl2N4O3. The molecule has 4 aromatic rings. The molecule has 7 nitrogen and oxygen atoms in total. The van der Waals surface area contributed by atoms with Gasteiger partial charge >= 0.3 is 0 Å². The molecule has 6 rings (SSSR count). The van der Waals surface area contributed by atoms with Crippen LogP contribution < -0.4 is 14.5 Å². The zero-order chi connectivity index (χ0) is 28.4. The number of halogens is 2. The van der Waals surface area contributed by atoms with Crippen molar-refractivity contribution in [3.8, 4) is 5.75 Å². The SMILES string of the molecule is Cc1cccc(C)c1N1CCN(c2ccc(OCC3COC(Cn4ccnc4)(c4ccc(Cl)cc4Cl)O3)cc2)CC1. The van der Waals surface area contributed by atoms with Gasteiger partial charge < -0.3 is 28.6 Å². The van der Waals surface area contributed by atoms with E-state index in [-0.39, 0.29) is 6.10 Å². The number of piperazine rings is 1. The van der Waals surface area contributed by atoms with Gasteiger partial charge in [-0.15, -0.1) is 0 Å². The number of aromatic nitrogens is 2. The second kappa shape index (κ2) is 11.9. The van der Waals surface area contributed by atoms with Crippen molar-refractivity contribution < 1.29 is 14.2 Å². The molecule has 2 atom stereocenters. The van der Waals surface area contributed by atoms with Crippen LogP contribution in [0.3, 0.4) is 0 Å². The Labute approximate surface area is 251 Å². The number of aryl methyl sites for hydroxylation is 2. The van der Waals surface area contributed by atoms with Crippen molar-refractivity contribution in [2.45, 2.75) is 32.3 Å². The van der Waals surface area contributed by atoms with Crippen LogP contribution in [0, 0.1) is 13.8 Å². The molecule has 2 aliphatic heterocycles. The first kappa shape index (κ1) is 27.9. The Hall–Kier alpha value is -3.23. The molecule has 2 unspecified atom stereocenters. The molecule has 214 valence electrons. The monoisotopic (exact) mass is 592 g/mol. The zero-order valence-corrected chi connectivity index (χ0v) is 24.8. The maximum absolute atomic E-state index is 6.58. The molecular weight excluding hydrogens is 559 g/mol. The van der Waals surface area contributed by atoms with Crippen LogP contribution in [0.2, 0.25) is 10.0 Å². The molecule has 3 aromatic carbocycles. The fourth-order valence-corrected chi connectivity index (χ4v) is 6.36. The van der Waals surface area contributed by atoms with Crippen molar-refractivity contribution in [1.82, 2.24) is 9.55 Å². The Morgan fingerprint density at radius 3 is 2.37 bits per heavy atom. The van der Waals surface area contributed by atoms with Crippen molar-refractivity contribution in [1.29, 1.82) is 0 Å². The first-order valence-electron chi connectivity index (χ1n) is 13.9. The maximum Gasteiger partial charge on any atom is 0.215 e. The van der Waals surface area contributed by atoms with E-state index in [1.165, 1.54) is 22.5 Å². The highest BCUT2D eigenvalue weighted by Gasteiger charge is 2.45. The Balaban J connectivity index is 1.06. The smallest absolute Gasteiger partial charge is 0.215 e. The average Bonchev–Trinajstić information content (AvgIpc) is 3.63. The highest BCUT2D eigenvalue weighted by atomic mass is 35.5. The van der Waals surface area contributed by atoms with Gasteiger partial charge in [-0.1, -0.05) is 47.5 Å². The number of hydrogen-bond donors (Lipinski definition) is 0. The Morgan fingerprint density at radius 1 is 0.951 bits per heavy atom. The number of hydrogen-bond acceptors (Lipinski definition) is 6. The molecule has 2 fully saturated rings. The standard InChI is InChI=1S/C32H34Cl2N4O3/c1-23-4-3-5-24(2)31(23)38-16-14-37(15-17-38)26-7-9-27(10-8-26)39-19-28-20-40-32(41-28,21-36-13-12-35-22-36)29-11-6-25(33)18-30(29)34/h3-13,18,22,28H,14-17,19-21H2,1-2H3. The van der Waals surface area contributed by atoms with Crippen molar-refractivity contribution in [3.05, 3.63) is 106 Å². The second-order valence-corrected chi connectivity index (χ2v) is 11.5. The number of nitrogens with zero attached hydrogens (tertiary/aromatic N) is 4. The molecule has 41 heavy (non-hydrogen) atoms. The summed E-state index contributed by atoms with van der Waals surface area (Å²) in [7, 11) is 0. The van der Waals surface area contributed by atoms with E-state index in [1.807, 2.05) is 29.0 Å². The third-order valence-electron chi connectivity index (χ3n) is 7.82. The molecule has 0 amide bonds. The number of benzene rings is 3. The van der Waals surface area contributed by atoms with Crippen LogP contribution in [0.15, 0.2) is 79.4 Å². The van der Waals surface area contributed by atoms with Crippen LogP contribution in [0.25, 0.3) is 0 Å². The average molecular weight is 594 g/mol. The van der Waals surface area contributed by atoms with Gasteiger partial charge in [0.1, 0.15) is 18.5 Å². The second-order valence-electron chi connectivity index (χ2n) is 10.7. The minimum Gasteiger partial charge on any atom is -0.491 e. The molecule has 0 radical (unpaired) electrons. The van der Waals surface area contributed by atoms with Crippen molar-refractivity contribution >= 4 is 34.6 Å². The van der Waals surface area contributed by atoms with Crippen LogP contribution in [0.1, 0.15) is 16.7 Å². The van der Waals surface area contributed by atoms with Gasteiger partial charge in [-0.2, -0.15) is 0 Å². The van der Waals surface area contributed by atoms with E-state index in [9.17, 15) is 0 Å². The summed E-state index contributed by atoms with van der Waals surface area (Å²) in [6.07, 6.45) is 5.05. The summed E-state index contributed by atoms with van der Waals surface area (Å²) < 4.78 is 20.8. The van der Waals surface area contributed by atoms with E-state index in [1.54, 1.807) is 24.7 Å². The lowest BCUT2D eigenvalue weighted by Gasteiger charge is -2.38. The van der Waals surface area contributed by atoms with E-state index < -0.39 is 5.79 Å². The Morgan fingerprint density at radius 2 is 1.68 bits per heavy atom. The van der Waals surface area contributed by atoms with E-state index in [0.29, 0.717) is 29.8 Å². The van der Waals surface area contributed by atoms with E-state index >= 15 is 0 Å². The van der Waals surface area contributed by atoms with Gasteiger partial charge in [-0.3, -0.25) is 0 Å². The van der Waals surface area contributed by atoms with Gasteiger partial charge in [0.2, 0.25) is 5.79 Å². The van der Waals surface area contributed by atoms with Crippen LogP contribution in [0.5, 0.6) is 5.75 Å². The summed E-state index contributed by atoms with van der Waals surface area (Å²) in [6.45, 7) is 9.48. The fraction of sp³-hybridized carbons (Fsp3) is 0.344. The largest absolute Gasteiger partial charge is 0.491 e. The summed E-state index contributed by atoms with van der Waals surface area (Å²) in [5, 5.41) is 1.05. The van der Waals surface area contributed by atoms with E-state index in [0.717, 1.165) is 37.5 Å². The van der Waals surface area contributed by atoms with Gasteiger partial charge in [0.25, 0.3) is 0 Å². The lowest BCUT2D eigenvalue weighted by atomic mass is 10.1. The number of ether oxygens (including phenoxy) is 3. The van der Waals surface area contributed by atoms with Crippen LogP contribution in [-0.2, 0) is 21.8 Å². The van der Waals surface area contributed by atoms with Gasteiger partial charge in [0.15, 0.2) is 0 Å². The first-order chi connectivity index (χ1) is 19.9. The van der Waals surface area contributed by atoms with E-state index in [2.05, 4.69) is 59.0 Å². The number of rotatable bonds is 8. The molecule has 0 aliphatic carbocycles. The zero-order valence-electron chi connectivity index (χ0n) is 23.3. The molecule has 1 aromatic heterocycles.